The van der Waals surface area contributed by atoms with E-state index in [2.05, 4.69) is 0 Å². The maximum Gasteiger partial charge on any atom is 3.00 e. The van der Waals surface area contributed by atoms with Gasteiger partial charge in [0.15, 0.2) is 0 Å². The molecule has 0 spiro atoms. The zero-order valence-corrected chi connectivity index (χ0v) is 8.97. The van der Waals surface area contributed by atoms with Gasteiger partial charge >= 0.3 is 21.7 Å². The molecule has 0 aromatic heterocycles. The second kappa shape index (κ2) is 12.0. The smallest absolute Gasteiger partial charge is 1.00 e. The van der Waals surface area contributed by atoms with Gasteiger partial charge in [-0.25, -0.2) is 0 Å². The van der Waals surface area contributed by atoms with E-state index < -0.39 is 0 Å². The van der Waals surface area contributed by atoms with Gasteiger partial charge in [0.25, 0.3) is 0 Å². The third-order valence-corrected chi connectivity index (χ3v) is 1.11. The summed E-state index contributed by atoms with van der Waals surface area (Å²) in [7, 11) is 0. The van der Waals surface area contributed by atoms with Crippen LogP contribution < -0.4 is 12.4 Å². The molecule has 0 saturated heterocycles. The molecule has 2 heteroatoms. The van der Waals surface area contributed by atoms with E-state index in [9.17, 15) is 0 Å². The van der Waals surface area contributed by atoms with Crippen molar-refractivity contribution < 1.29 is 34.1 Å². The van der Waals surface area contributed by atoms with Crippen LogP contribution in [0.3, 0.4) is 0 Å². The Bertz CT molecular complexity index is 43.0. The van der Waals surface area contributed by atoms with Crippen LogP contribution in [0.4, 0.5) is 0 Å². The van der Waals surface area contributed by atoms with E-state index in [-0.39, 0.29) is 34.1 Å². The van der Waals surface area contributed by atoms with Gasteiger partial charge < -0.3 is 12.4 Å². The molecular weight excluding hydrogens is 203 g/mol. The molecule has 2 rings (SSSR count). The fourth-order valence-corrected chi connectivity index (χ4v) is 0.642. The van der Waals surface area contributed by atoms with Crippen molar-refractivity contribution >= 4 is 0 Å². The summed E-state index contributed by atoms with van der Waals surface area (Å²) >= 11 is 0. The molecule has 12 heavy (non-hydrogen) atoms. The van der Waals surface area contributed by atoms with Crippen LogP contribution in [-0.4, -0.2) is 0 Å². The first-order valence-corrected chi connectivity index (χ1v) is 3.33. The van der Waals surface area contributed by atoms with Gasteiger partial charge in [0, 0.05) is 0 Å². The standard InChI is InChI=1S/2C5H5.ClH.Ti/c2*1-2-4-5-3-1;;/h2*1-5H;1H;/q;;;+3/p-1. The molecule has 0 aliphatic heterocycles. The van der Waals surface area contributed by atoms with Gasteiger partial charge in [-0.1, -0.05) is 0 Å². The molecule has 0 aromatic rings. The molecule has 0 amide bonds. The summed E-state index contributed by atoms with van der Waals surface area (Å²) in [5.74, 6) is 0. The zero-order valence-electron chi connectivity index (χ0n) is 6.65. The summed E-state index contributed by atoms with van der Waals surface area (Å²) < 4.78 is 0. The largest absolute Gasteiger partial charge is 3.00 e. The van der Waals surface area contributed by atoms with Gasteiger partial charge in [-0.3, -0.25) is 0 Å². The van der Waals surface area contributed by atoms with Gasteiger partial charge in [-0.15, -0.1) is 0 Å². The Kier molecular flexibility index (Phi) is 15.5. The van der Waals surface area contributed by atoms with E-state index in [1.54, 1.807) is 0 Å². The van der Waals surface area contributed by atoms with Crippen LogP contribution in [0, 0.1) is 64.2 Å². The molecule has 0 unspecified atom stereocenters. The molecule has 0 bridgehead atoms. The molecule has 0 heterocycles. The van der Waals surface area contributed by atoms with Crippen molar-refractivity contribution in [3.8, 4) is 0 Å². The van der Waals surface area contributed by atoms with Gasteiger partial charge in [0.1, 0.15) is 0 Å². The van der Waals surface area contributed by atoms with Crippen LogP contribution in [0.1, 0.15) is 0 Å². The first-order chi connectivity index (χ1) is 5.00. The maximum absolute atomic E-state index is 2.00. The van der Waals surface area contributed by atoms with Crippen LogP contribution in [0.2, 0.25) is 0 Å². The fourth-order valence-electron chi connectivity index (χ4n) is 0.642. The molecule has 0 aromatic carbocycles. The Labute approximate surface area is 98.2 Å². The zero-order chi connectivity index (χ0) is 7.07. The summed E-state index contributed by atoms with van der Waals surface area (Å²) in [6.07, 6.45) is 20.0. The Balaban J connectivity index is 0. The Hall–Kier alpha value is 1.00. The third kappa shape index (κ3) is 9.10. The quantitative estimate of drug-likeness (QED) is 0.455. The van der Waals surface area contributed by atoms with Crippen molar-refractivity contribution in [2.45, 2.75) is 0 Å². The predicted molar refractivity (Wildman–Crippen MR) is 43.0 cm³/mol. The van der Waals surface area contributed by atoms with Crippen molar-refractivity contribution in [1.82, 2.24) is 0 Å². The normalized spacial score (nSPS) is 20.0. The van der Waals surface area contributed by atoms with Crippen molar-refractivity contribution in [3.63, 3.8) is 0 Å². The Morgan fingerprint density at radius 2 is 0.417 bits per heavy atom. The topological polar surface area (TPSA) is 0 Å². The maximum atomic E-state index is 2.00. The van der Waals surface area contributed by atoms with E-state index in [1.807, 2.05) is 64.2 Å². The second-order valence-corrected chi connectivity index (χ2v) is 1.92. The minimum Gasteiger partial charge on any atom is -1.00 e. The van der Waals surface area contributed by atoms with Crippen molar-refractivity contribution in [2.75, 3.05) is 0 Å². The average Bonchev–Trinajstić information content (AvgIpc) is 2.67. The van der Waals surface area contributed by atoms with Crippen molar-refractivity contribution in [3.05, 3.63) is 64.2 Å². The van der Waals surface area contributed by atoms with Crippen molar-refractivity contribution in [2.24, 2.45) is 0 Å². The van der Waals surface area contributed by atoms with E-state index >= 15 is 0 Å². The van der Waals surface area contributed by atoms with Gasteiger partial charge in [0.2, 0.25) is 0 Å². The second-order valence-electron chi connectivity index (χ2n) is 1.92. The molecule has 0 N–H and O–H groups in total. The molecule has 0 atom stereocenters. The molecule has 11 radical (unpaired) electrons. The molecule has 2 aliphatic rings. The summed E-state index contributed by atoms with van der Waals surface area (Å²) in [6, 6.07) is 0. The molecule has 2 saturated carbocycles. The van der Waals surface area contributed by atoms with Gasteiger partial charge in [0.05, 0.1) is 0 Å². The minimum atomic E-state index is 0. The predicted octanol–water partition coefficient (Wildman–Crippen LogP) is -0.956. The SMILES string of the molecule is [CH]1[CH][CH][CH][CH]1.[CH]1[CH][CH][CH][CH]1.[Cl-].[Ti+3]. The molecular formula is C10H10ClTi+2. The Morgan fingerprint density at radius 1 is 0.333 bits per heavy atom. The van der Waals surface area contributed by atoms with Crippen LogP contribution >= 0.6 is 0 Å². The van der Waals surface area contributed by atoms with E-state index in [0.29, 0.717) is 0 Å². The summed E-state index contributed by atoms with van der Waals surface area (Å²) in [5.41, 5.74) is 0. The Morgan fingerprint density at radius 3 is 0.500 bits per heavy atom. The monoisotopic (exact) mass is 213 g/mol. The van der Waals surface area contributed by atoms with Crippen LogP contribution in [0.15, 0.2) is 0 Å². The van der Waals surface area contributed by atoms with Crippen LogP contribution in [0.25, 0.3) is 0 Å². The van der Waals surface area contributed by atoms with E-state index in [0.717, 1.165) is 0 Å². The molecule has 0 nitrogen and oxygen atoms in total. The summed E-state index contributed by atoms with van der Waals surface area (Å²) in [6.45, 7) is 0. The average molecular weight is 214 g/mol. The number of hydrogen-bond donors (Lipinski definition) is 0. The molecule has 2 aliphatic carbocycles. The first kappa shape index (κ1) is 15.5. The molecule has 59 valence electrons. The van der Waals surface area contributed by atoms with E-state index in [4.69, 9.17) is 0 Å². The number of rotatable bonds is 0. The third-order valence-electron chi connectivity index (χ3n) is 1.11. The number of halogens is 1. The van der Waals surface area contributed by atoms with Crippen LogP contribution in [-0.2, 0) is 21.7 Å². The van der Waals surface area contributed by atoms with Gasteiger partial charge in [-0.05, 0) is 64.2 Å². The van der Waals surface area contributed by atoms with E-state index in [1.165, 1.54) is 0 Å². The first-order valence-electron chi connectivity index (χ1n) is 3.33. The molecule has 2 fully saturated rings. The minimum absolute atomic E-state index is 0. The van der Waals surface area contributed by atoms with Crippen molar-refractivity contribution in [1.29, 1.82) is 0 Å². The summed E-state index contributed by atoms with van der Waals surface area (Å²) in [5, 5.41) is 0. The van der Waals surface area contributed by atoms with Gasteiger partial charge in [-0.2, -0.15) is 0 Å². The summed E-state index contributed by atoms with van der Waals surface area (Å²) in [4.78, 5) is 0. The van der Waals surface area contributed by atoms with Crippen LogP contribution in [0.5, 0.6) is 0 Å². The number of hydrogen-bond acceptors (Lipinski definition) is 0. The fraction of sp³-hybridized carbons (Fsp3) is 0.